The van der Waals surface area contributed by atoms with Gasteiger partial charge >= 0.3 is 0 Å². The normalized spacial score (nSPS) is 14.3. The van der Waals surface area contributed by atoms with Crippen molar-refractivity contribution < 1.29 is 0 Å². The molecule has 0 fully saturated rings. The lowest BCUT2D eigenvalue weighted by Crippen LogP contribution is -1.87. The Balaban J connectivity index is 2.68. The average molecular weight is 181 g/mol. The fraction of sp³-hybridized carbons (Fsp3) is 0.545. The van der Waals surface area contributed by atoms with Crippen LogP contribution in [0.4, 0.5) is 0 Å². The number of rotatable bonds is 4. The van der Waals surface area contributed by atoms with Crippen LogP contribution >= 0.6 is 0 Å². The van der Waals surface area contributed by atoms with Gasteiger partial charge in [0.2, 0.25) is 16.3 Å². The van der Waals surface area contributed by atoms with Crippen LogP contribution in [-0.4, -0.2) is 5.37 Å². The van der Waals surface area contributed by atoms with Gasteiger partial charge in [0.15, 0.2) is 5.37 Å². The zero-order valence-electron chi connectivity index (χ0n) is 7.97. The van der Waals surface area contributed by atoms with Crippen molar-refractivity contribution >= 4 is 16.7 Å². The third-order valence-corrected chi connectivity index (χ3v) is 2.95. The highest BCUT2D eigenvalue weighted by atomic mass is 32.1. The van der Waals surface area contributed by atoms with Crippen LogP contribution in [0.5, 0.6) is 0 Å². The smallest absolute Gasteiger partial charge is 0.0651 e. The highest BCUT2D eigenvalue weighted by Gasteiger charge is 2.13. The van der Waals surface area contributed by atoms with Crippen molar-refractivity contribution in [3.63, 3.8) is 0 Å². The van der Waals surface area contributed by atoms with Crippen molar-refractivity contribution in [2.45, 2.75) is 39.5 Å². The van der Waals surface area contributed by atoms with Gasteiger partial charge in [-0.1, -0.05) is 26.7 Å². The van der Waals surface area contributed by atoms with Crippen molar-refractivity contribution in [1.29, 1.82) is 0 Å². The predicted molar refractivity (Wildman–Crippen MR) is 59.4 cm³/mol. The minimum atomic E-state index is 1.27. The van der Waals surface area contributed by atoms with Crippen LogP contribution in [0.1, 0.15) is 39.5 Å². The van der Waals surface area contributed by atoms with Gasteiger partial charge in [-0.25, -0.2) is 0 Å². The summed E-state index contributed by atoms with van der Waals surface area (Å²) in [5, 5.41) is 2.17. The van der Waals surface area contributed by atoms with Crippen LogP contribution in [0, 0.1) is 0 Å². The maximum Gasteiger partial charge on any atom is 0.230 e. The zero-order chi connectivity index (χ0) is 8.81. The van der Waals surface area contributed by atoms with Crippen LogP contribution in [0.15, 0.2) is 22.6 Å². The summed E-state index contributed by atoms with van der Waals surface area (Å²) < 4.78 is 0. The van der Waals surface area contributed by atoms with E-state index in [1.165, 1.54) is 30.6 Å². The van der Waals surface area contributed by atoms with Crippen molar-refractivity contribution in [3.05, 3.63) is 22.6 Å². The van der Waals surface area contributed by atoms with Crippen molar-refractivity contribution in [1.82, 2.24) is 0 Å². The van der Waals surface area contributed by atoms with Gasteiger partial charge in [0.25, 0.3) is 0 Å². The lowest BCUT2D eigenvalue weighted by atomic mass is 10.1. The minimum Gasteiger partial charge on any atom is -0.0651 e. The quantitative estimate of drug-likeness (QED) is 0.461. The van der Waals surface area contributed by atoms with Crippen molar-refractivity contribution in [3.8, 4) is 0 Å². The fourth-order valence-corrected chi connectivity index (χ4v) is 2.29. The molecule has 12 heavy (non-hydrogen) atoms. The van der Waals surface area contributed by atoms with E-state index >= 15 is 0 Å². The molecule has 0 N–H and O–H groups in total. The summed E-state index contributed by atoms with van der Waals surface area (Å²) in [5.41, 5.74) is 1.65. The molecule has 0 spiro atoms. The second-order valence-corrected chi connectivity index (χ2v) is 4.03. The Labute approximate surface area is 79.3 Å². The van der Waals surface area contributed by atoms with Gasteiger partial charge in [-0.05, 0) is 18.4 Å². The molecule has 0 aromatic rings. The molecule has 0 saturated heterocycles. The summed E-state index contributed by atoms with van der Waals surface area (Å²) in [4.78, 5) is 1.50. The van der Waals surface area contributed by atoms with Gasteiger partial charge in [0.05, 0.1) is 0 Å². The Hall–Kier alpha value is -0.430. The first-order valence-corrected chi connectivity index (χ1v) is 5.65. The van der Waals surface area contributed by atoms with Gasteiger partial charge in [0, 0.05) is 12.2 Å². The predicted octanol–water partition coefficient (Wildman–Crippen LogP) is 3.30. The van der Waals surface area contributed by atoms with E-state index in [0.717, 1.165) is 0 Å². The summed E-state index contributed by atoms with van der Waals surface area (Å²) in [6.07, 6.45) is 9.47. The van der Waals surface area contributed by atoms with Gasteiger partial charge in [-0.15, -0.1) is 0 Å². The molecule has 0 radical (unpaired) electrons. The molecule has 0 aromatic heterocycles. The molecule has 0 aliphatic carbocycles. The van der Waals surface area contributed by atoms with Crippen molar-refractivity contribution in [2.75, 3.05) is 0 Å². The van der Waals surface area contributed by atoms with E-state index < -0.39 is 0 Å². The molecule has 0 saturated carbocycles. The molecule has 0 unspecified atom stereocenters. The maximum absolute atomic E-state index is 2.25. The molecule has 0 aromatic carbocycles. The Kier molecular flexibility index (Phi) is 4.23. The third kappa shape index (κ3) is 2.56. The van der Waals surface area contributed by atoms with Crippen LogP contribution in [0.3, 0.4) is 0 Å². The number of hydrogen-bond donors (Lipinski definition) is 0. The molecule has 1 rings (SSSR count). The first-order chi connectivity index (χ1) is 5.88. The van der Waals surface area contributed by atoms with Gasteiger partial charge in [-0.3, -0.25) is 0 Å². The molecule has 66 valence electrons. The van der Waals surface area contributed by atoms with Crippen molar-refractivity contribution in [2.24, 2.45) is 0 Å². The molecular weight excluding hydrogens is 164 g/mol. The SMILES string of the molecule is CCCC(CCC)=C1C=CC=[S+]1. The number of hydrogen-bond acceptors (Lipinski definition) is 0. The summed E-state index contributed by atoms with van der Waals surface area (Å²) in [6.45, 7) is 4.51. The summed E-state index contributed by atoms with van der Waals surface area (Å²) in [6, 6.07) is 0. The second kappa shape index (κ2) is 5.26. The largest absolute Gasteiger partial charge is 0.230 e. The van der Waals surface area contributed by atoms with E-state index in [1.807, 2.05) is 11.4 Å². The lowest BCUT2D eigenvalue weighted by molar-refractivity contribution is 0.801. The van der Waals surface area contributed by atoms with Gasteiger partial charge < -0.3 is 0 Å². The van der Waals surface area contributed by atoms with Gasteiger partial charge in [-0.2, -0.15) is 0 Å². The Morgan fingerprint density at radius 1 is 1.25 bits per heavy atom. The molecule has 1 aliphatic heterocycles. The van der Waals surface area contributed by atoms with E-state index in [4.69, 9.17) is 0 Å². The monoisotopic (exact) mass is 181 g/mol. The molecule has 0 bridgehead atoms. The Morgan fingerprint density at radius 2 is 1.92 bits per heavy atom. The molecule has 0 amide bonds. The molecular formula is C11H17S+. The maximum atomic E-state index is 2.25. The summed E-state index contributed by atoms with van der Waals surface area (Å²) in [5.74, 6) is 0. The first kappa shape index (κ1) is 9.66. The van der Waals surface area contributed by atoms with Crippen LogP contribution < -0.4 is 0 Å². The van der Waals surface area contributed by atoms with Crippen LogP contribution in [0.25, 0.3) is 0 Å². The standard InChI is InChI=1S/C11H17S/c1-3-6-10(7-4-2)11-8-5-9-12-11/h5,8-9H,3-4,6-7H2,1-2H3/q+1. The van der Waals surface area contributed by atoms with E-state index in [9.17, 15) is 0 Å². The summed E-state index contributed by atoms with van der Waals surface area (Å²) >= 11 is 1.87. The van der Waals surface area contributed by atoms with E-state index in [0.29, 0.717) is 0 Å². The van der Waals surface area contributed by atoms with Crippen LogP contribution in [-0.2, 0) is 11.4 Å². The molecule has 1 heterocycles. The molecule has 0 nitrogen and oxygen atoms in total. The van der Waals surface area contributed by atoms with E-state index in [-0.39, 0.29) is 0 Å². The molecule has 0 atom stereocenters. The van der Waals surface area contributed by atoms with Gasteiger partial charge in [0.1, 0.15) is 0 Å². The topological polar surface area (TPSA) is 0 Å². The molecule has 1 aliphatic rings. The average Bonchev–Trinajstić information content (AvgIpc) is 2.56. The first-order valence-electron chi connectivity index (χ1n) is 4.77. The second-order valence-electron chi connectivity index (χ2n) is 3.08. The zero-order valence-corrected chi connectivity index (χ0v) is 8.79. The fourth-order valence-electron chi connectivity index (χ4n) is 1.45. The number of allylic oxidation sites excluding steroid dienone is 3. The minimum absolute atomic E-state index is 1.27. The lowest BCUT2D eigenvalue weighted by Gasteiger charge is -2.00. The summed E-state index contributed by atoms with van der Waals surface area (Å²) in [7, 11) is 0. The van der Waals surface area contributed by atoms with Crippen LogP contribution in [0.2, 0.25) is 0 Å². The highest BCUT2D eigenvalue weighted by Crippen LogP contribution is 2.19. The molecule has 1 heteroatoms. The van der Waals surface area contributed by atoms with E-state index in [2.05, 4.69) is 31.4 Å². The Morgan fingerprint density at radius 3 is 2.33 bits per heavy atom. The van der Waals surface area contributed by atoms with E-state index in [1.54, 1.807) is 5.57 Å². The third-order valence-electron chi connectivity index (χ3n) is 1.97. The Bertz CT molecular complexity index is 199. The highest BCUT2D eigenvalue weighted by molar-refractivity contribution is 7.82.